The van der Waals surface area contributed by atoms with Crippen molar-refractivity contribution in [3.05, 3.63) is 59.6 Å². The SMILES string of the molecule is CCn1c(-c2nc(C(=O)Nc3ccc(OC)cc3OC)cs2)cc2ccccc21. The van der Waals surface area contributed by atoms with E-state index in [0.29, 0.717) is 22.9 Å². The first kappa shape index (κ1) is 19.0. The van der Waals surface area contributed by atoms with Gasteiger partial charge in [-0.2, -0.15) is 0 Å². The number of para-hydroxylation sites is 1. The molecule has 2 heterocycles. The van der Waals surface area contributed by atoms with Crippen molar-refractivity contribution in [1.82, 2.24) is 9.55 Å². The van der Waals surface area contributed by atoms with Crippen LogP contribution < -0.4 is 14.8 Å². The fraction of sp³-hybridized carbons (Fsp3) is 0.182. The summed E-state index contributed by atoms with van der Waals surface area (Å²) in [5, 5.41) is 6.62. The number of aryl methyl sites for hydroxylation is 1. The molecule has 0 aliphatic rings. The van der Waals surface area contributed by atoms with Crippen molar-refractivity contribution >= 4 is 33.8 Å². The quantitative estimate of drug-likeness (QED) is 0.485. The van der Waals surface area contributed by atoms with E-state index in [1.165, 1.54) is 11.3 Å². The van der Waals surface area contributed by atoms with E-state index in [9.17, 15) is 4.79 Å². The van der Waals surface area contributed by atoms with Crippen LogP contribution in [-0.2, 0) is 6.54 Å². The summed E-state index contributed by atoms with van der Waals surface area (Å²) < 4.78 is 12.8. The lowest BCUT2D eigenvalue weighted by atomic mass is 10.2. The van der Waals surface area contributed by atoms with Gasteiger partial charge in [0.1, 0.15) is 22.2 Å². The maximum absolute atomic E-state index is 12.7. The summed E-state index contributed by atoms with van der Waals surface area (Å²) in [6.07, 6.45) is 0. The van der Waals surface area contributed by atoms with Crippen LogP contribution in [0.1, 0.15) is 17.4 Å². The molecular weight excluding hydrogens is 386 g/mol. The van der Waals surface area contributed by atoms with Gasteiger partial charge in [-0.15, -0.1) is 11.3 Å². The van der Waals surface area contributed by atoms with Gasteiger partial charge in [0.2, 0.25) is 0 Å². The predicted molar refractivity (Wildman–Crippen MR) is 116 cm³/mol. The Morgan fingerprint density at radius 3 is 2.72 bits per heavy atom. The number of rotatable bonds is 6. The molecule has 148 valence electrons. The molecule has 6 nitrogen and oxygen atoms in total. The molecule has 0 atom stereocenters. The Kier molecular flexibility index (Phi) is 5.22. The molecule has 0 aliphatic carbocycles. The van der Waals surface area contributed by atoms with Gasteiger partial charge < -0.3 is 19.4 Å². The number of aromatic nitrogens is 2. The van der Waals surface area contributed by atoms with E-state index >= 15 is 0 Å². The number of amides is 1. The number of benzene rings is 2. The van der Waals surface area contributed by atoms with Crippen LogP contribution in [0.25, 0.3) is 21.6 Å². The van der Waals surface area contributed by atoms with Gasteiger partial charge >= 0.3 is 0 Å². The van der Waals surface area contributed by atoms with Crippen molar-refractivity contribution in [1.29, 1.82) is 0 Å². The number of hydrogen-bond donors (Lipinski definition) is 1. The summed E-state index contributed by atoms with van der Waals surface area (Å²) in [5.41, 5.74) is 3.11. The number of carbonyl (C=O) groups excluding carboxylic acids is 1. The summed E-state index contributed by atoms with van der Waals surface area (Å²) in [4.78, 5) is 17.3. The summed E-state index contributed by atoms with van der Waals surface area (Å²) in [7, 11) is 3.13. The van der Waals surface area contributed by atoms with Gasteiger partial charge in [0, 0.05) is 28.9 Å². The molecule has 1 amide bonds. The lowest BCUT2D eigenvalue weighted by molar-refractivity contribution is 0.102. The average Bonchev–Trinajstić information content (AvgIpc) is 3.38. The van der Waals surface area contributed by atoms with Crippen LogP contribution in [0.4, 0.5) is 5.69 Å². The minimum atomic E-state index is -0.282. The number of methoxy groups -OCH3 is 2. The predicted octanol–water partition coefficient (Wildman–Crippen LogP) is 5.05. The van der Waals surface area contributed by atoms with Crippen molar-refractivity contribution in [2.75, 3.05) is 19.5 Å². The van der Waals surface area contributed by atoms with E-state index < -0.39 is 0 Å². The molecule has 2 aromatic heterocycles. The van der Waals surface area contributed by atoms with E-state index in [0.717, 1.165) is 28.1 Å². The standard InChI is InChI=1S/C22H21N3O3S/c1-4-25-18-8-6-5-7-14(18)11-19(25)22-24-17(13-29-22)21(26)23-16-10-9-15(27-2)12-20(16)28-3/h5-13H,4H2,1-3H3,(H,23,26). The maximum atomic E-state index is 12.7. The van der Waals surface area contributed by atoms with Crippen molar-refractivity contribution in [3.8, 4) is 22.2 Å². The maximum Gasteiger partial charge on any atom is 0.275 e. The molecule has 0 saturated carbocycles. The highest BCUT2D eigenvalue weighted by Gasteiger charge is 2.17. The fourth-order valence-corrected chi connectivity index (χ4v) is 4.14. The molecule has 0 bridgehead atoms. The Bertz CT molecular complexity index is 1180. The largest absolute Gasteiger partial charge is 0.497 e. The Morgan fingerprint density at radius 2 is 1.97 bits per heavy atom. The Labute approximate surface area is 172 Å². The summed E-state index contributed by atoms with van der Waals surface area (Å²) in [6.45, 7) is 2.93. The number of fused-ring (bicyclic) bond motifs is 1. The average molecular weight is 407 g/mol. The fourth-order valence-electron chi connectivity index (χ4n) is 3.31. The first-order chi connectivity index (χ1) is 14.1. The van der Waals surface area contributed by atoms with Gasteiger partial charge in [0.15, 0.2) is 0 Å². The third-order valence-corrected chi connectivity index (χ3v) is 5.60. The highest BCUT2D eigenvalue weighted by Crippen LogP contribution is 2.32. The minimum Gasteiger partial charge on any atom is -0.497 e. The van der Waals surface area contributed by atoms with Gasteiger partial charge in [-0.25, -0.2) is 4.98 Å². The first-order valence-electron chi connectivity index (χ1n) is 9.22. The van der Waals surface area contributed by atoms with Crippen molar-refractivity contribution in [2.45, 2.75) is 13.5 Å². The van der Waals surface area contributed by atoms with Crippen LogP contribution in [0.15, 0.2) is 53.9 Å². The van der Waals surface area contributed by atoms with Crippen LogP contribution in [0.2, 0.25) is 0 Å². The second-order valence-corrected chi connectivity index (χ2v) is 7.25. The van der Waals surface area contributed by atoms with E-state index in [-0.39, 0.29) is 5.91 Å². The van der Waals surface area contributed by atoms with E-state index in [1.54, 1.807) is 37.8 Å². The molecule has 2 aromatic carbocycles. The number of nitrogens with zero attached hydrogens (tertiary/aromatic N) is 2. The van der Waals surface area contributed by atoms with Gasteiger partial charge in [-0.05, 0) is 31.2 Å². The monoisotopic (exact) mass is 407 g/mol. The number of ether oxygens (including phenoxy) is 2. The Morgan fingerprint density at radius 1 is 1.14 bits per heavy atom. The lowest BCUT2D eigenvalue weighted by Crippen LogP contribution is -2.13. The zero-order chi connectivity index (χ0) is 20.4. The molecule has 7 heteroatoms. The Balaban J connectivity index is 1.62. The molecule has 4 rings (SSSR count). The molecule has 1 N–H and O–H groups in total. The van der Waals surface area contributed by atoms with Gasteiger partial charge in [0.05, 0.1) is 25.6 Å². The van der Waals surface area contributed by atoms with Crippen LogP contribution in [-0.4, -0.2) is 29.7 Å². The molecule has 4 aromatic rings. The van der Waals surface area contributed by atoms with Gasteiger partial charge in [-0.1, -0.05) is 18.2 Å². The number of anilines is 1. The summed E-state index contributed by atoms with van der Waals surface area (Å²) in [6, 6.07) is 15.6. The first-order valence-corrected chi connectivity index (χ1v) is 10.1. The van der Waals surface area contributed by atoms with E-state index in [2.05, 4.69) is 40.0 Å². The zero-order valence-electron chi connectivity index (χ0n) is 16.4. The van der Waals surface area contributed by atoms with E-state index in [1.807, 2.05) is 12.1 Å². The smallest absolute Gasteiger partial charge is 0.275 e. The van der Waals surface area contributed by atoms with Crippen LogP contribution in [0.3, 0.4) is 0 Å². The molecule has 29 heavy (non-hydrogen) atoms. The highest BCUT2D eigenvalue weighted by molar-refractivity contribution is 7.13. The molecule has 0 spiro atoms. The minimum absolute atomic E-state index is 0.282. The number of hydrogen-bond acceptors (Lipinski definition) is 5. The van der Waals surface area contributed by atoms with Crippen LogP contribution >= 0.6 is 11.3 Å². The highest BCUT2D eigenvalue weighted by atomic mass is 32.1. The van der Waals surface area contributed by atoms with Crippen LogP contribution in [0, 0.1) is 0 Å². The van der Waals surface area contributed by atoms with Crippen LogP contribution in [0.5, 0.6) is 11.5 Å². The number of carbonyl (C=O) groups is 1. The third kappa shape index (κ3) is 3.56. The molecular formula is C22H21N3O3S. The zero-order valence-corrected chi connectivity index (χ0v) is 17.2. The summed E-state index contributed by atoms with van der Waals surface area (Å²) >= 11 is 1.46. The second kappa shape index (κ2) is 7.97. The molecule has 0 unspecified atom stereocenters. The second-order valence-electron chi connectivity index (χ2n) is 6.39. The molecule has 0 saturated heterocycles. The normalized spacial score (nSPS) is 10.9. The van der Waals surface area contributed by atoms with Crippen molar-refractivity contribution in [3.63, 3.8) is 0 Å². The lowest BCUT2D eigenvalue weighted by Gasteiger charge is -2.10. The van der Waals surface area contributed by atoms with E-state index in [4.69, 9.17) is 9.47 Å². The number of nitrogens with one attached hydrogen (secondary N) is 1. The van der Waals surface area contributed by atoms with Gasteiger partial charge in [-0.3, -0.25) is 4.79 Å². The molecule has 0 fully saturated rings. The van der Waals surface area contributed by atoms with Crippen molar-refractivity contribution in [2.24, 2.45) is 0 Å². The van der Waals surface area contributed by atoms with Crippen molar-refractivity contribution < 1.29 is 14.3 Å². The van der Waals surface area contributed by atoms with Gasteiger partial charge in [0.25, 0.3) is 5.91 Å². The summed E-state index contributed by atoms with van der Waals surface area (Å²) in [5.74, 6) is 0.901. The molecule has 0 radical (unpaired) electrons. The third-order valence-electron chi connectivity index (χ3n) is 4.74. The Hall–Kier alpha value is -3.32. The topological polar surface area (TPSA) is 65.4 Å². The number of thiazole rings is 1. The molecule has 0 aliphatic heterocycles.